The van der Waals surface area contributed by atoms with Gasteiger partial charge in [0.05, 0.1) is 42.4 Å². The SMILES string of the molecule is C=CCN(CCN1CCOCC1)C(=O)C1N([C@@H](CO)C(C)C)C(=O)[C@@H]2[C@@H](C(=O)N(CC=C)CCC)[C@@]3(C)CCC12S3. The van der Waals surface area contributed by atoms with Gasteiger partial charge in [0, 0.05) is 50.6 Å². The van der Waals surface area contributed by atoms with Crippen molar-refractivity contribution in [3.05, 3.63) is 25.3 Å². The molecule has 41 heavy (non-hydrogen) atoms. The van der Waals surface area contributed by atoms with Gasteiger partial charge in [0.25, 0.3) is 0 Å². The van der Waals surface area contributed by atoms with E-state index < -0.39 is 33.4 Å². The van der Waals surface area contributed by atoms with Crippen molar-refractivity contribution in [2.24, 2.45) is 17.8 Å². The number of amides is 3. The van der Waals surface area contributed by atoms with Gasteiger partial charge in [-0.3, -0.25) is 19.3 Å². The van der Waals surface area contributed by atoms with E-state index in [0.717, 1.165) is 25.9 Å². The van der Waals surface area contributed by atoms with Gasteiger partial charge in [-0.1, -0.05) is 32.9 Å². The van der Waals surface area contributed by atoms with Crippen molar-refractivity contribution < 1.29 is 24.2 Å². The van der Waals surface area contributed by atoms with Crippen LogP contribution in [-0.4, -0.2) is 130 Å². The summed E-state index contributed by atoms with van der Waals surface area (Å²) in [5, 5.41) is 10.5. The molecule has 1 N–H and O–H groups in total. The second kappa shape index (κ2) is 13.2. The molecular weight excluding hydrogens is 540 g/mol. The van der Waals surface area contributed by atoms with Crippen LogP contribution in [-0.2, 0) is 19.1 Å². The minimum Gasteiger partial charge on any atom is -0.394 e. The molecule has 0 aromatic carbocycles. The fourth-order valence-corrected chi connectivity index (χ4v) is 9.95. The average Bonchev–Trinajstić information content (AvgIpc) is 3.52. The van der Waals surface area contributed by atoms with Crippen LogP contribution in [0.4, 0.5) is 0 Å². The topological polar surface area (TPSA) is 93.6 Å². The van der Waals surface area contributed by atoms with Crippen molar-refractivity contribution in [3.63, 3.8) is 0 Å². The van der Waals surface area contributed by atoms with Crippen molar-refractivity contribution in [2.75, 3.05) is 65.6 Å². The lowest BCUT2D eigenvalue weighted by Crippen LogP contribution is -2.59. The number of hydrogen-bond acceptors (Lipinski definition) is 7. The number of nitrogens with zero attached hydrogens (tertiary/aromatic N) is 4. The van der Waals surface area contributed by atoms with Crippen LogP contribution in [0.15, 0.2) is 25.3 Å². The Morgan fingerprint density at radius 1 is 1.12 bits per heavy atom. The summed E-state index contributed by atoms with van der Waals surface area (Å²) in [5.74, 6) is -1.46. The highest BCUT2D eigenvalue weighted by molar-refractivity contribution is 8.02. The number of carbonyl (C=O) groups excluding carboxylic acids is 3. The number of rotatable bonds is 14. The Morgan fingerprint density at radius 2 is 1.76 bits per heavy atom. The molecular formula is C31H50N4O5S. The Bertz CT molecular complexity index is 1000. The minimum absolute atomic E-state index is 0.0184. The van der Waals surface area contributed by atoms with Crippen molar-refractivity contribution in [2.45, 2.75) is 68.5 Å². The lowest BCUT2D eigenvalue weighted by molar-refractivity contribution is -0.148. The van der Waals surface area contributed by atoms with E-state index in [4.69, 9.17) is 4.74 Å². The highest BCUT2D eigenvalue weighted by Crippen LogP contribution is 2.72. The van der Waals surface area contributed by atoms with Gasteiger partial charge < -0.3 is 24.5 Å². The molecule has 3 amide bonds. The molecule has 0 aromatic rings. The Labute approximate surface area is 250 Å². The standard InChI is InChI=1S/C31H50N4O5S/c1-7-12-33(13-8-2)27(37)24-25-28(38)35(23(21-36)22(4)5)26(31(25)11-10-30(24,6)41-31)29(39)34(14-9-3)16-15-32-17-19-40-20-18-32/h7,9,22-26,36H,1,3,8,10-21H2,2,4-6H3/t23-,24-,25-,26?,30+,31?/m0/s1. The van der Waals surface area contributed by atoms with Gasteiger partial charge in [-0.25, -0.2) is 0 Å². The third-order valence-corrected chi connectivity index (χ3v) is 11.6. The monoisotopic (exact) mass is 590 g/mol. The van der Waals surface area contributed by atoms with Gasteiger partial charge in [0.2, 0.25) is 17.7 Å². The molecule has 4 fully saturated rings. The maximum Gasteiger partial charge on any atom is 0.247 e. The van der Waals surface area contributed by atoms with E-state index >= 15 is 0 Å². The molecule has 4 aliphatic rings. The first-order chi connectivity index (χ1) is 19.6. The summed E-state index contributed by atoms with van der Waals surface area (Å²) in [6, 6.07) is -1.25. The smallest absolute Gasteiger partial charge is 0.247 e. The first-order valence-corrected chi connectivity index (χ1v) is 16.1. The molecule has 10 heteroatoms. The van der Waals surface area contributed by atoms with Gasteiger partial charge in [-0.2, -0.15) is 0 Å². The Morgan fingerprint density at radius 3 is 2.32 bits per heavy atom. The van der Waals surface area contributed by atoms with Gasteiger partial charge in [-0.05, 0) is 32.1 Å². The third kappa shape index (κ3) is 5.74. The molecule has 0 aromatic heterocycles. The number of aliphatic hydroxyl groups excluding tert-OH is 1. The van der Waals surface area contributed by atoms with E-state index in [2.05, 4.69) is 25.0 Å². The molecule has 6 atom stereocenters. The summed E-state index contributed by atoms with van der Waals surface area (Å²) in [4.78, 5) is 51.1. The van der Waals surface area contributed by atoms with Crippen molar-refractivity contribution >= 4 is 29.5 Å². The normalized spacial score (nSPS) is 31.8. The van der Waals surface area contributed by atoms with Crippen LogP contribution in [0, 0.1) is 17.8 Å². The van der Waals surface area contributed by atoms with Crippen LogP contribution >= 0.6 is 11.8 Å². The molecule has 2 unspecified atom stereocenters. The number of aliphatic hydroxyl groups is 1. The average molecular weight is 591 g/mol. The molecule has 0 radical (unpaired) electrons. The molecule has 4 heterocycles. The Hall–Kier alpha value is -1.88. The van der Waals surface area contributed by atoms with Crippen LogP contribution in [0.25, 0.3) is 0 Å². The van der Waals surface area contributed by atoms with E-state index in [1.54, 1.807) is 28.8 Å². The van der Waals surface area contributed by atoms with Crippen LogP contribution < -0.4 is 0 Å². The fourth-order valence-electron chi connectivity index (χ4n) is 7.62. The molecule has 2 bridgehead atoms. The molecule has 4 saturated heterocycles. The predicted molar refractivity (Wildman–Crippen MR) is 162 cm³/mol. The zero-order chi connectivity index (χ0) is 29.9. The summed E-state index contributed by atoms with van der Waals surface area (Å²) in [6.45, 7) is 21.3. The Kier molecular flexibility index (Phi) is 10.3. The van der Waals surface area contributed by atoms with E-state index in [0.29, 0.717) is 52.4 Å². The van der Waals surface area contributed by atoms with Gasteiger partial charge in [0.15, 0.2) is 0 Å². The number of ether oxygens (including phenoxy) is 1. The summed E-state index contributed by atoms with van der Waals surface area (Å²) < 4.78 is 4.35. The molecule has 230 valence electrons. The zero-order valence-electron chi connectivity index (χ0n) is 25.4. The molecule has 1 spiro atoms. The van der Waals surface area contributed by atoms with E-state index in [1.807, 2.05) is 30.6 Å². The lowest BCUT2D eigenvalue weighted by atomic mass is 9.66. The largest absolute Gasteiger partial charge is 0.394 e. The van der Waals surface area contributed by atoms with Crippen LogP contribution in [0.5, 0.6) is 0 Å². The highest BCUT2D eigenvalue weighted by atomic mass is 32.2. The first kappa shape index (κ1) is 32.0. The lowest BCUT2D eigenvalue weighted by Gasteiger charge is -2.41. The molecule has 0 saturated carbocycles. The summed E-state index contributed by atoms with van der Waals surface area (Å²) in [5.41, 5.74) is 0. The van der Waals surface area contributed by atoms with Gasteiger partial charge >= 0.3 is 0 Å². The summed E-state index contributed by atoms with van der Waals surface area (Å²) in [7, 11) is 0. The van der Waals surface area contributed by atoms with Gasteiger partial charge in [-0.15, -0.1) is 24.9 Å². The second-order valence-electron chi connectivity index (χ2n) is 12.6. The van der Waals surface area contributed by atoms with Crippen LogP contribution in [0.3, 0.4) is 0 Å². The number of fused-ring (bicyclic) bond motifs is 1. The first-order valence-electron chi connectivity index (χ1n) is 15.3. The summed E-state index contributed by atoms with van der Waals surface area (Å²) in [6.07, 6.45) is 5.75. The zero-order valence-corrected chi connectivity index (χ0v) is 26.2. The highest BCUT2D eigenvalue weighted by Gasteiger charge is 2.78. The number of morpholine rings is 1. The number of hydrogen-bond donors (Lipinski definition) is 1. The van der Waals surface area contributed by atoms with E-state index in [1.165, 1.54) is 0 Å². The number of thioether (sulfide) groups is 1. The quantitative estimate of drug-likeness (QED) is 0.310. The fraction of sp³-hybridized carbons (Fsp3) is 0.774. The number of carbonyl (C=O) groups is 3. The Balaban J connectivity index is 1.73. The van der Waals surface area contributed by atoms with Crippen molar-refractivity contribution in [1.29, 1.82) is 0 Å². The third-order valence-electron chi connectivity index (χ3n) is 9.63. The predicted octanol–water partition coefficient (Wildman–Crippen LogP) is 2.26. The molecule has 4 rings (SSSR count). The van der Waals surface area contributed by atoms with Crippen molar-refractivity contribution in [3.8, 4) is 0 Å². The van der Waals surface area contributed by atoms with Crippen molar-refractivity contribution in [1.82, 2.24) is 19.6 Å². The summed E-state index contributed by atoms with van der Waals surface area (Å²) >= 11 is 1.69. The van der Waals surface area contributed by atoms with Crippen LogP contribution in [0.2, 0.25) is 0 Å². The number of likely N-dealkylation sites (tertiary alicyclic amines) is 1. The maximum absolute atomic E-state index is 14.7. The molecule has 9 nitrogen and oxygen atoms in total. The molecule has 0 aliphatic carbocycles. The van der Waals surface area contributed by atoms with Crippen LogP contribution in [0.1, 0.15) is 47.0 Å². The minimum atomic E-state index is -0.743. The maximum atomic E-state index is 14.7. The van der Waals surface area contributed by atoms with E-state index in [-0.39, 0.29) is 30.2 Å². The van der Waals surface area contributed by atoms with Gasteiger partial charge in [0.1, 0.15) is 6.04 Å². The van der Waals surface area contributed by atoms with E-state index in [9.17, 15) is 19.5 Å². The second-order valence-corrected chi connectivity index (χ2v) is 14.5. The molecule has 4 aliphatic heterocycles.